The van der Waals surface area contributed by atoms with Gasteiger partial charge in [-0.05, 0) is 45.0 Å². The first-order valence-corrected chi connectivity index (χ1v) is 12.6. The van der Waals surface area contributed by atoms with Crippen molar-refractivity contribution in [3.63, 3.8) is 0 Å². The van der Waals surface area contributed by atoms with Gasteiger partial charge in [0, 0.05) is 29.4 Å². The average molecular weight is 491 g/mol. The average Bonchev–Trinajstić information content (AvgIpc) is 3.35. The van der Waals surface area contributed by atoms with Crippen molar-refractivity contribution in [2.75, 3.05) is 11.9 Å². The number of rotatable bonds is 7. The third kappa shape index (κ3) is 5.38. The predicted molar refractivity (Wildman–Crippen MR) is 137 cm³/mol. The largest absolute Gasteiger partial charge is 0.370 e. The van der Waals surface area contributed by atoms with Crippen LogP contribution in [0.1, 0.15) is 20.8 Å². The molecule has 0 fully saturated rings. The Balaban J connectivity index is 1.54. The summed E-state index contributed by atoms with van der Waals surface area (Å²) in [5, 5.41) is 6.70. The monoisotopic (exact) mass is 490 g/mol. The van der Waals surface area contributed by atoms with Gasteiger partial charge in [0.15, 0.2) is 21.6 Å². The lowest BCUT2D eigenvalue weighted by molar-refractivity contribution is 0.433. The molecule has 0 amide bonds. The van der Waals surface area contributed by atoms with Gasteiger partial charge in [-0.25, -0.2) is 13.4 Å². The molecule has 0 aliphatic rings. The number of anilines is 1. The molecule has 3 N–H and O–H groups in total. The van der Waals surface area contributed by atoms with Gasteiger partial charge in [0.1, 0.15) is 11.4 Å². The lowest BCUT2D eigenvalue weighted by atomic mass is 10.1. The number of nitrogens with one attached hydrogen (secondary N) is 1. The topological polar surface area (TPSA) is 136 Å². The standard InChI is InChI=1S/C25H26N6O3S/c1-4-28-25(26)29-19-9-5-17(6-10-19)21-13-24(34-31-21)23-15-27-14-22(30-23)18-7-11-20(12-8-18)35(32,33)16(2)3/h5-16H,4H2,1-3H3,(H3,26,28,29). The minimum absolute atomic E-state index is 0.279. The molecule has 0 spiro atoms. The van der Waals surface area contributed by atoms with Crippen molar-refractivity contribution < 1.29 is 12.9 Å². The summed E-state index contributed by atoms with van der Waals surface area (Å²) in [5.41, 5.74) is 9.98. The molecule has 0 aliphatic heterocycles. The second kappa shape index (κ2) is 10.1. The van der Waals surface area contributed by atoms with Crippen molar-refractivity contribution in [3.8, 4) is 34.0 Å². The Morgan fingerprint density at radius 2 is 1.63 bits per heavy atom. The lowest BCUT2D eigenvalue weighted by Gasteiger charge is -2.08. The minimum atomic E-state index is -3.34. The zero-order valence-electron chi connectivity index (χ0n) is 19.6. The van der Waals surface area contributed by atoms with Crippen LogP contribution in [0.4, 0.5) is 5.69 Å². The molecule has 0 atom stereocenters. The summed E-state index contributed by atoms with van der Waals surface area (Å²) in [6.45, 7) is 5.84. The number of aromatic nitrogens is 3. The van der Waals surface area contributed by atoms with Crippen molar-refractivity contribution in [3.05, 3.63) is 67.0 Å². The Kier molecular flexibility index (Phi) is 6.92. The Morgan fingerprint density at radius 3 is 2.29 bits per heavy atom. The summed E-state index contributed by atoms with van der Waals surface area (Å²) < 4.78 is 30.3. The quantitative estimate of drug-likeness (QED) is 0.287. The first-order valence-electron chi connectivity index (χ1n) is 11.1. The fourth-order valence-corrected chi connectivity index (χ4v) is 4.39. The summed E-state index contributed by atoms with van der Waals surface area (Å²) in [7, 11) is -3.34. The van der Waals surface area contributed by atoms with Crippen LogP contribution in [-0.4, -0.2) is 41.3 Å². The Labute approximate surface area is 204 Å². The zero-order valence-corrected chi connectivity index (χ0v) is 20.5. The number of hydrogen-bond donors (Lipinski definition) is 2. The molecule has 10 heteroatoms. The highest BCUT2D eigenvalue weighted by atomic mass is 32.2. The summed E-state index contributed by atoms with van der Waals surface area (Å²) in [6, 6.07) is 16.0. The number of sulfone groups is 1. The number of nitrogens with two attached hydrogens (primary N) is 1. The van der Waals surface area contributed by atoms with Crippen LogP contribution in [0.5, 0.6) is 0 Å². The van der Waals surface area contributed by atoms with E-state index in [0.717, 1.165) is 16.8 Å². The van der Waals surface area contributed by atoms with Crippen LogP contribution in [0.2, 0.25) is 0 Å². The van der Waals surface area contributed by atoms with Gasteiger partial charge >= 0.3 is 0 Å². The first kappa shape index (κ1) is 24.1. The van der Waals surface area contributed by atoms with E-state index in [1.54, 1.807) is 56.6 Å². The molecule has 0 saturated heterocycles. The van der Waals surface area contributed by atoms with Gasteiger partial charge in [0.05, 0.1) is 28.2 Å². The van der Waals surface area contributed by atoms with Crippen LogP contribution < -0.4 is 11.1 Å². The number of aliphatic imine (C=N–C) groups is 1. The van der Waals surface area contributed by atoms with Crippen molar-refractivity contribution in [2.24, 2.45) is 10.7 Å². The summed E-state index contributed by atoms with van der Waals surface area (Å²) in [4.78, 5) is 13.3. The van der Waals surface area contributed by atoms with Crippen LogP contribution in [-0.2, 0) is 9.84 Å². The highest BCUT2D eigenvalue weighted by molar-refractivity contribution is 7.92. The Morgan fingerprint density at radius 1 is 1.00 bits per heavy atom. The number of guanidine groups is 1. The second-order valence-corrected chi connectivity index (χ2v) is 10.6. The number of benzene rings is 2. The summed E-state index contributed by atoms with van der Waals surface area (Å²) >= 11 is 0. The minimum Gasteiger partial charge on any atom is -0.370 e. The van der Waals surface area contributed by atoms with Crippen LogP contribution in [0, 0.1) is 0 Å². The van der Waals surface area contributed by atoms with Gasteiger partial charge < -0.3 is 15.6 Å². The SMILES string of the molecule is CCN=C(N)Nc1ccc(-c2cc(-c3cncc(-c4ccc(S(=O)(=O)C(C)C)cc4)n3)on2)cc1. The molecule has 0 aliphatic carbocycles. The Bertz CT molecular complexity index is 1440. The molecule has 0 unspecified atom stereocenters. The second-order valence-electron chi connectivity index (χ2n) is 8.05. The predicted octanol–water partition coefficient (Wildman–Crippen LogP) is 4.39. The van der Waals surface area contributed by atoms with Crippen LogP contribution in [0.25, 0.3) is 34.0 Å². The van der Waals surface area contributed by atoms with Gasteiger partial charge in [0.25, 0.3) is 0 Å². The van der Waals surface area contributed by atoms with Crippen molar-refractivity contribution >= 4 is 21.5 Å². The molecule has 4 aromatic rings. The van der Waals surface area contributed by atoms with E-state index in [2.05, 4.69) is 25.4 Å². The third-order valence-corrected chi connectivity index (χ3v) is 7.45. The smallest absolute Gasteiger partial charge is 0.193 e. The molecule has 180 valence electrons. The van der Waals surface area contributed by atoms with Gasteiger partial charge in [0.2, 0.25) is 0 Å². The fraction of sp³-hybridized carbons (Fsp3) is 0.200. The van der Waals surface area contributed by atoms with E-state index in [1.165, 1.54) is 0 Å². The maximum Gasteiger partial charge on any atom is 0.193 e. The highest BCUT2D eigenvalue weighted by Crippen LogP contribution is 2.28. The van der Waals surface area contributed by atoms with E-state index in [4.69, 9.17) is 10.3 Å². The normalized spacial score (nSPS) is 12.2. The Hall–Kier alpha value is -4.05. The van der Waals surface area contributed by atoms with Gasteiger partial charge in [-0.15, -0.1) is 0 Å². The molecule has 0 bridgehead atoms. The van der Waals surface area contributed by atoms with E-state index in [9.17, 15) is 8.42 Å². The van der Waals surface area contributed by atoms with E-state index in [1.807, 2.05) is 31.2 Å². The number of hydrogen-bond acceptors (Lipinski definition) is 7. The maximum absolute atomic E-state index is 12.4. The van der Waals surface area contributed by atoms with E-state index in [-0.39, 0.29) is 4.90 Å². The summed E-state index contributed by atoms with van der Waals surface area (Å²) in [5.74, 6) is 0.827. The molecular weight excluding hydrogens is 464 g/mol. The van der Waals surface area contributed by atoms with Crippen molar-refractivity contribution in [2.45, 2.75) is 30.9 Å². The molecule has 9 nitrogen and oxygen atoms in total. The number of nitrogens with zero attached hydrogens (tertiary/aromatic N) is 4. The van der Waals surface area contributed by atoms with Gasteiger partial charge in [-0.2, -0.15) is 0 Å². The highest BCUT2D eigenvalue weighted by Gasteiger charge is 2.19. The van der Waals surface area contributed by atoms with Crippen LogP contribution >= 0.6 is 0 Å². The molecule has 35 heavy (non-hydrogen) atoms. The molecule has 2 heterocycles. The summed E-state index contributed by atoms with van der Waals surface area (Å²) in [6.07, 6.45) is 3.21. The molecule has 2 aromatic carbocycles. The van der Waals surface area contributed by atoms with E-state index in [0.29, 0.717) is 35.3 Å². The molecular formula is C25H26N6O3S. The zero-order chi connectivity index (χ0) is 25.0. The third-order valence-electron chi connectivity index (χ3n) is 5.28. The van der Waals surface area contributed by atoms with Crippen molar-refractivity contribution in [1.82, 2.24) is 15.1 Å². The molecule has 2 aromatic heterocycles. The van der Waals surface area contributed by atoms with Gasteiger partial charge in [-0.1, -0.05) is 29.4 Å². The van der Waals surface area contributed by atoms with E-state index < -0.39 is 15.1 Å². The van der Waals surface area contributed by atoms with Crippen LogP contribution in [0.3, 0.4) is 0 Å². The maximum atomic E-state index is 12.4. The van der Waals surface area contributed by atoms with Crippen molar-refractivity contribution in [1.29, 1.82) is 0 Å². The van der Waals surface area contributed by atoms with Gasteiger partial charge in [-0.3, -0.25) is 9.98 Å². The molecule has 4 rings (SSSR count). The molecule has 0 saturated carbocycles. The molecule has 0 radical (unpaired) electrons. The first-order chi connectivity index (χ1) is 16.8. The van der Waals surface area contributed by atoms with E-state index >= 15 is 0 Å². The fourth-order valence-electron chi connectivity index (χ4n) is 3.33. The van der Waals surface area contributed by atoms with Crippen LogP contribution in [0.15, 0.2) is 81.4 Å². The lowest BCUT2D eigenvalue weighted by Crippen LogP contribution is -2.22.